The predicted octanol–water partition coefficient (Wildman–Crippen LogP) is -0.262. The van der Waals surface area contributed by atoms with Crippen LogP contribution in [0.15, 0.2) is 0 Å². The standard InChI is InChI=1S/C13H25N3O3/c1-10(2)19-9-13(18)15-11-4-6-16(7-5-11)8-12(17)14-3/h10-11H,4-9H2,1-3H3,(H,14,17)(H,15,18). The summed E-state index contributed by atoms with van der Waals surface area (Å²) in [4.78, 5) is 25.0. The molecule has 1 rings (SSSR count). The Labute approximate surface area is 114 Å². The summed E-state index contributed by atoms with van der Waals surface area (Å²) in [5.41, 5.74) is 0. The Morgan fingerprint density at radius 3 is 2.42 bits per heavy atom. The SMILES string of the molecule is CNC(=O)CN1CCC(NC(=O)COC(C)C)CC1. The maximum atomic E-state index is 11.6. The van der Waals surface area contributed by atoms with Gasteiger partial charge in [0.25, 0.3) is 0 Å². The zero-order valence-electron chi connectivity index (χ0n) is 12.1. The highest BCUT2D eigenvalue weighted by atomic mass is 16.5. The monoisotopic (exact) mass is 271 g/mol. The number of nitrogens with zero attached hydrogens (tertiary/aromatic N) is 1. The van der Waals surface area contributed by atoms with Gasteiger partial charge in [-0.25, -0.2) is 0 Å². The molecule has 2 amide bonds. The van der Waals surface area contributed by atoms with Crippen LogP contribution in [0.2, 0.25) is 0 Å². The van der Waals surface area contributed by atoms with Crippen molar-refractivity contribution in [1.82, 2.24) is 15.5 Å². The molecule has 1 aliphatic rings. The van der Waals surface area contributed by atoms with Gasteiger partial charge < -0.3 is 15.4 Å². The van der Waals surface area contributed by atoms with Crippen LogP contribution in [0.4, 0.5) is 0 Å². The summed E-state index contributed by atoms with van der Waals surface area (Å²) in [6, 6.07) is 0.198. The molecule has 0 aliphatic carbocycles. The molecule has 1 saturated heterocycles. The Bertz CT molecular complexity index is 300. The molecule has 1 heterocycles. The smallest absolute Gasteiger partial charge is 0.246 e. The maximum absolute atomic E-state index is 11.6. The molecular weight excluding hydrogens is 246 g/mol. The van der Waals surface area contributed by atoms with Crippen LogP contribution in [-0.2, 0) is 14.3 Å². The number of likely N-dealkylation sites (N-methyl/N-ethyl adjacent to an activating group) is 1. The minimum atomic E-state index is -0.0570. The Morgan fingerprint density at radius 1 is 1.26 bits per heavy atom. The van der Waals surface area contributed by atoms with Gasteiger partial charge in [-0.15, -0.1) is 0 Å². The van der Waals surface area contributed by atoms with Crippen molar-refractivity contribution in [2.45, 2.75) is 38.8 Å². The van der Waals surface area contributed by atoms with Crippen LogP contribution in [0.3, 0.4) is 0 Å². The number of hydrogen-bond acceptors (Lipinski definition) is 4. The van der Waals surface area contributed by atoms with Crippen molar-refractivity contribution in [3.8, 4) is 0 Å². The zero-order valence-corrected chi connectivity index (χ0v) is 12.1. The molecule has 2 N–H and O–H groups in total. The highest BCUT2D eigenvalue weighted by Gasteiger charge is 2.21. The number of piperidine rings is 1. The second kappa shape index (κ2) is 8.12. The number of rotatable bonds is 6. The van der Waals surface area contributed by atoms with Crippen LogP contribution >= 0.6 is 0 Å². The van der Waals surface area contributed by atoms with E-state index in [1.165, 1.54) is 0 Å². The summed E-state index contributed by atoms with van der Waals surface area (Å²) >= 11 is 0. The fourth-order valence-electron chi connectivity index (χ4n) is 2.03. The van der Waals surface area contributed by atoms with Crippen molar-refractivity contribution < 1.29 is 14.3 Å². The predicted molar refractivity (Wildman–Crippen MR) is 72.8 cm³/mol. The third-order valence-electron chi connectivity index (χ3n) is 3.15. The first-order valence-electron chi connectivity index (χ1n) is 6.85. The van der Waals surface area contributed by atoms with Crippen molar-refractivity contribution in [3.05, 3.63) is 0 Å². The summed E-state index contributed by atoms with van der Waals surface area (Å²) in [6.45, 7) is 6.05. The minimum Gasteiger partial charge on any atom is -0.369 e. The molecule has 0 spiro atoms. The van der Waals surface area contributed by atoms with Gasteiger partial charge in [-0.2, -0.15) is 0 Å². The highest BCUT2D eigenvalue weighted by Crippen LogP contribution is 2.09. The van der Waals surface area contributed by atoms with Gasteiger partial charge in [0.05, 0.1) is 12.6 Å². The van der Waals surface area contributed by atoms with Crippen molar-refractivity contribution in [3.63, 3.8) is 0 Å². The van der Waals surface area contributed by atoms with Gasteiger partial charge in [0.1, 0.15) is 6.61 Å². The van der Waals surface area contributed by atoms with E-state index in [1.54, 1.807) is 7.05 Å². The second-order valence-corrected chi connectivity index (χ2v) is 5.15. The number of amides is 2. The summed E-state index contributed by atoms with van der Waals surface area (Å²) in [6.07, 6.45) is 1.83. The van der Waals surface area contributed by atoms with E-state index in [2.05, 4.69) is 15.5 Å². The molecule has 0 atom stereocenters. The van der Waals surface area contributed by atoms with E-state index in [9.17, 15) is 9.59 Å². The van der Waals surface area contributed by atoms with Crippen LogP contribution in [0.25, 0.3) is 0 Å². The summed E-state index contributed by atoms with van der Waals surface area (Å²) in [5, 5.41) is 5.59. The number of nitrogens with one attached hydrogen (secondary N) is 2. The molecule has 0 bridgehead atoms. The molecule has 6 nitrogen and oxygen atoms in total. The summed E-state index contributed by atoms with van der Waals surface area (Å²) in [7, 11) is 1.64. The molecule has 1 fully saturated rings. The van der Waals surface area contributed by atoms with E-state index in [0.29, 0.717) is 6.54 Å². The first kappa shape index (κ1) is 15.9. The zero-order chi connectivity index (χ0) is 14.3. The van der Waals surface area contributed by atoms with Gasteiger partial charge in [-0.3, -0.25) is 14.5 Å². The molecule has 6 heteroatoms. The number of carbonyl (C=O) groups excluding carboxylic acids is 2. The Morgan fingerprint density at radius 2 is 1.89 bits per heavy atom. The fourth-order valence-corrected chi connectivity index (χ4v) is 2.03. The number of ether oxygens (including phenoxy) is 1. The first-order valence-corrected chi connectivity index (χ1v) is 6.85. The third kappa shape index (κ3) is 6.54. The third-order valence-corrected chi connectivity index (χ3v) is 3.15. The summed E-state index contributed by atoms with van der Waals surface area (Å²) < 4.78 is 5.26. The van der Waals surface area contributed by atoms with Gasteiger partial charge in [0, 0.05) is 26.2 Å². The van der Waals surface area contributed by atoms with Gasteiger partial charge in [-0.05, 0) is 26.7 Å². The molecule has 0 aromatic heterocycles. The molecule has 0 aromatic carbocycles. The number of carbonyl (C=O) groups is 2. The van der Waals surface area contributed by atoms with E-state index < -0.39 is 0 Å². The highest BCUT2D eigenvalue weighted by molar-refractivity contribution is 5.78. The number of hydrogen-bond donors (Lipinski definition) is 2. The minimum absolute atomic E-state index is 0.0350. The van der Waals surface area contributed by atoms with Gasteiger partial charge in [-0.1, -0.05) is 0 Å². The number of likely N-dealkylation sites (tertiary alicyclic amines) is 1. The van der Waals surface area contributed by atoms with Crippen LogP contribution < -0.4 is 10.6 Å². The van der Waals surface area contributed by atoms with Crippen LogP contribution in [0.5, 0.6) is 0 Å². The quantitative estimate of drug-likeness (QED) is 0.698. The Kier molecular flexibility index (Phi) is 6.80. The average Bonchev–Trinajstić information content (AvgIpc) is 2.38. The Balaban J connectivity index is 2.19. The van der Waals surface area contributed by atoms with Crippen molar-refractivity contribution in [2.75, 3.05) is 33.3 Å². The van der Waals surface area contributed by atoms with Crippen molar-refractivity contribution >= 4 is 11.8 Å². The van der Waals surface area contributed by atoms with E-state index in [-0.39, 0.29) is 30.6 Å². The lowest BCUT2D eigenvalue weighted by Gasteiger charge is -2.31. The first-order chi connectivity index (χ1) is 9.01. The molecular formula is C13H25N3O3. The van der Waals surface area contributed by atoms with Crippen LogP contribution in [0, 0.1) is 0 Å². The van der Waals surface area contributed by atoms with E-state index in [1.807, 2.05) is 13.8 Å². The molecule has 19 heavy (non-hydrogen) atoms. The van der Waals surface area contributed by atoms with Crippen LogP contribution in [-0.4, -0.2) is 62.1 Å². The molecule has 1 aliphatic heterocycles. The van der Waals surface area contributed by atoms with Crippen LogP contribution in [0.1, 0.15) is 26.7 Å². The molecule has 0 radical (unpaired) electrons. The molecule has 110 valence electrons. The molecule has 0 aromatic rings. The largest absolute Gasteiger partial charge is 0.369 e. The maximum Gasteiger partial charge on any atom is 0.246 e. The van der Waals surface area contributed by atoms with Gasteiger partial charge >= 0.3 is 0 Å². The normalized spacial score (nSPS) is 17.5. The van der Waals surface area contributed by atoms with Gasteiger partial charge in [0.15, 0.2) is 0 Å². The lowest BCUT2D eigenvalue weighted by Crippen LogP contribution is -2.47. The van der Waals surface area contributed by atoms with E-state index >= 15 is 0 Å². The lowest BCUT2D eigenvalue weighted by molar-refractivity contribution is -0.128. The van der Waals surface area contributed by atoms with Crippen molar-refractivity contribution in [1.29, 1.82) is 0 Å². The molecule has 0 saturated carbocycles. The molecule has 0 unspecified atom stereocenters. The van der Waals surface area contributed by atoms with E-state index in [4.69, 9.17) is 4.74 Å². The fraction of sp³-hybridized carbons (Fsp3) is 0.846. The Hall–Kier alpha value is -1.14. The topological polar surface area (TPSA) is 70.7 Å². The second-order valence-electron chi connectivity index (χ2n) is 5.15. The average molecular weight is 271 g/mol. The lowest BCUT2D eigenvalue weighted by atomic mass is 10.1. The summed E-state index contributed by atoms with van der Waals surface area (Å²) in [5.74, 6) is -0.0220. The van der Waals surface area contributed by atoms with E-state index in [0.717, 1.165) is 25.9 Å². The van der Waals surface area contributed by atoms with Gasteiger partial charge in [0.2, 0.25) is 11.8 Å². The van der Waals surface area contributed by atoms with Crippen molar-refractivity contribution in [2.24, 2.45) is 0 Å².